The molecule has 1 saturated carbocycles. The highest BCUT2D eigenvalue weighted by molar-refractivity contribution is 5.95. The Bertz CT molecular complexity index is 999. The molecule has 1 aromatic heterocycles. The fraction of sp³-hybridized carbons (Fsp3) is 0.292. The van der Waals surface area contributed by atoms with Gasteiger partial charge in [0.05, 0.1) is 7.11 Å². The number of aromatic nitrogens is 2. The number of hydrogen-bond acceptors (Lipinski definition) is 5. The van der Waals surface area contributed by atoms with E-state index in [-0.39, 0.29) is 11.9 Å². The van der Waals surface area contributed by atoms with Gasteiger partial charge in [-0.3, -0.25) is 4.79 Å². The zero-order chi connectivity index (χ0) is 20.8. The third-order valence-electron chi connectivity index (χ3n) is 5.24. The van der Waals surface area contributed by atoms with E-state index in [1.165, 1.54) is 19.3 Å². The number of nitrogens with zero attached hydrogens (tertiary/aromatic N) is 2. The smallest absolute Gasteiger partial charge is 0.251 e. The first-order valence-corrected chi connectivity index (χ1v) is 10.3. The van der Waals surface area contributed by atoms with Crippen molar-refractivity contribution in [3.63, 3.8) is 0 Å². The summed E-state index contributed by atoms with van der Waals surface area (Å²) in [4.78, 5) is 21.5. The lowest BCUT2D eigenvalue weighted by atomic mass is 9.95. The molecule has 6 heteroatoms. The van der Waals surface area contributed by atoms with Crippen LogP contribution in [0, 0.1) is 0 Å². The van der Waals surface area contributed by atoms with E-state index in [0.717, 1.165) is 24.2 Å². The summed E-state index contributed by atoms with van der Waals surface area (Å²) in [7, 11) is 1.62. The lowest BCUT2D eigenvalue weighted by Gasteiger charge is -2.22. The molecule has 1 aliphatic carbocycles. The van der Waals surface area contributed by atoms with Crippen LogP contribution in [-0.2, 0) is 0 Å². The van der Waals surface area contributed by atoms with Crippen molar-refractivity contribution in [1.82, 2.24) is 15.3 Å². The van der Waals surface area contributed by atoms with Crippen LogP contribution in [0.2, 0.25) is 0 Å². The van der Waals surface area contributed by atoms with Crippen LogP contribution in [0.3, 0.4) is 0 Å². The van der Waals surface area contributed by atoms with Crippen molar-refractivity contribution in [2.75, 3.05) is 7.11 Å². The third-order valence-corrected chi connectivity index (χ3v) is 5.24. The van der Waals surface area contributed by atoms with Crippen LogP contribution < -0.4 is 14.8 Å². The van der Waals surface area contributed by atoms with E-state index >= 15 is 0 Å². The molecule has 1 fully saturated rings. The van der Waals surface area contributed by atoms with Gasteiger partial charge in [-0.1, -0.05) is 31.4 Å². The molecular weight excluding hydrogens is 378 g/mol. The molecule has 30 heavy (non-hydrogen) atoms. The van der Waals surface area contributed by atoms with Gasteiger partial charge in [0, 0.05) is 29.4 Å². The fourth-order valence-corrected chi connectivity index (χ4v) is 3.62. The summed E-state index contributed by atoms with van der Waals surface area (Å²) in [6.07, 6.45) is 7.38. The Kier molecular flexibility index (Phi) is 6.23. The van der Waals surface area contributed by atoms with E-state index in [9.17, 15) is 4.79 Å². The summed E-state index contributed by atoms with van der Waals surface area (Å²) < 4.78 is 11.0. The van der Waals surface area contributed by atoms with Crippen LogP contribution in [0.4, 0.5) is 0 Å². The second-order valence-corrected chi connectivity index (χ2v) is 7.39. The van der Waals surface area contributed by atoms with Gasteiger partial charge in [0.2, 0.25) is 5.88 Å². The van der Waals surface area contributed by atoms with Gasteiger partial charge in [-0.25, -0.2) is 4.98 Å². The van der Waals surface area contributed by atoms with Crippen molar-refractivity contribution < 1.29 is 14.3 Å². The molecule has 3 aromatic rings. The van der Waals surface area contributed by atoms with E-state index < -0.39 is 0 Å². The maximum Gasteiger partial charge on any atom is 0.251 e. The van der Waals surface area contributed by atoms with E-state index in [2.05, 4.69) is 15.3 Å². The minimum Gasteiger partial charge on any atom is -0.497 e. The molecule has 1 N–H and O–H groups in total. The molecule has 0 saturated heterocycles. The van der Waals surface area contributed by atoms with Crippen molar-refractivity contribution in [1.29, 1.82) is 0 Å². The molecule has 0 bridgehead atoms. The van der Waals surface area contributed by atoms with Gasteiger partial charge in [-0.2, -0.15) is 4.98 Å². The van der Waals surface area contributed by atoms with Crippen molar-refractivity contribution in [3.05, 3.63) is 66.4 Å². The maximum atomic E-state index is 12.7. The van der Waals surface area contributed by atoms with Crippen LogP contribution in [0.5, 0.6) is 17.4 Å². The SMILES string of the molecule is COc1ccc(Oc2ccnc(-c3cccc(C(=O)NC4CCCCC4)c3)n2)cc1. The van der Waals surface area contributed by atoms with Crippen molar-refractivity contribution >= 4 is 5.91 Å². The van der Waals surface area contributed by atoms with Crippen LogP contribution in [0.25, 0.3) is 11.4 Å². The predicted octanol–water partition coefficient (Wildman–Crippen LogP) is 5.01. The molecule has 1 aliphatic rings. The predicted molar refractivity (Wildman–Crippen MR) is 115 cm³/mol. The molecule has 1 amide bonds. The molecule has 1 heterocycles. The topological polar surface area (TPSA) is 73.3 Å². The molecule has 0 unspecified atom stereocenters. The number of rotatable bonds is 6. The highest BCUT2D eigenvalue weighted by atomic mass is 16.5. The van der Waals surface area contributed by atoms with Gasteiger partial charge in [-0.05, 0) is 49.2 Å². The summed E-state index contributed by atoms with van der Waals surface area (Å²) in [6, 6.07) is 16.6. The van der Waals surface area contributed by atoms with Crippen molar-refractivity contribution in [3.8, 4) is 28.8 Å². The lowest BCUT2D eigenvalue weighted by Crippen LogP contribution is -2.36. The number of amides is 1. The van der Waals surface area contributed by atoms with Gasteiger partial charge >= 0.3 is 0 Å². The van der Waals surface area contributed by atoms with E-state index in [4.69, 9.17) is 9.47 Å². The highest BCUT2D eigenvalue weighted by Crippen LogP contribution is 2.25. The standard InChI is InChI=1S/C24H25N3O3/c1-29-20-10-12-21(13-11-20)30-22-14-15-25-23(27-22)17-6-5-7-18(16-17)24(28)26-19-8-3-2-4-9-19/h5-7,10-16,19H,2-4,8-9H2,1H3,(H,26,28). The Morgan fingerprint density at radius 3 is 2.53 bits per heavy atom. The molecule has 0 aliphatic heterocycles. The third kappa shape index (κ3) is 4.95. The maximum absolute atomic E-state index is 12.7. The van der Waals surface area contributed by atoms with Crippen LogP contribution in [-0.4, -0.2) is 29.0 Å². The van der Waals surface area contributed by atoms with Gasteiger partial charge < -0.3 is 14.8 Å². The molecule has 154 valence electrons. The average molecular weight is 403 g/mol. The molecule has 0 spiro atoms. The van der Waals surface area contributed by atoms with Crippen LogP contribution in [0.15, 0.2) is 60.8 Å². The van der Waals surface area contributed by atoms with Crippen molar-refractivity contribution in [2.45, 2.75) is 38.1 Å². The number of methoxy groups -OCH3 is 1. The normalized spacial score (nSPS) is 14.2. The Morgan fingerprint density at radius 1 is 1.00 bits per heavy atom. The zero-order valence-corrected chi connectivity index (χ0v) is 17.0. The lowest BCUT2D eigenvalue weighted by molar-refractivity contribution is 0.0927. The van der Waals surface area contributed by atoms with E-state index in [1.807, 2.05) is 48.5 Å². The average Bonchev–Trinajstić information content (AvgIpc) is 2.80. The Balaban J connectivity index is 1.48. The molecule has 6 nitrogen and oxygen atoms in total. The van der Waals surface area contributed by atoms with Gasteiger partial charge in [0.1, 0.15) is 11.5 Å². The quantitative estimate of drug-likeness (QED) is 0.626. The van der Waals surface area contributed by atoms with E-state index in [1.54, 1.807) is 19.4 Å². The molecule has 2 aromatic carbocycles. The first kappa shape index (κ1) is 19.9. The van der Waals surface area contributed by atoms with E-state index in [0.29, 0.717) is 23.0 Å². The molecule has 0 radical (unpaired) electrons. The summed E-state index contributed by atoms with van der Waals surface area (Å²) in [5.41, 5.74) is 1.38. The van der Waals surface area contributed by atoms with Gasteiger partial charge in [0.25, 0.3) is 5.91 Å². The Morgan fingerprint density at radius 2 is 1.77 bits per heavy atom. The highest BCUT2D eigenvalue weighted by Gasteiger charge is 2.17. The number of hydrogen-bond donors (Lipinski definition) is 1. The minimum absolute atomic E-state index is 0.0469. The minimum atomic E-state index is -0.0469. The first-order valence-electron chi connectivity index (χ1n) is 10.3. The van der Waals surface area contributed by atoms with Gasteiger partial charge in [-0.15, -0.1) is 0 Å². The van der Waals surface area contributed by atoms with Gasteiger partial charge in [0.15, 0.2) is 5.82 Å². The molecule has 0 atom stereocenters. The largest absolute Gasteiger partial charge is 0.497 e. The van der Waals surface area contributed by atoms with Crippen LogP contribution in [0.1, 0.15) is 42.5 Å². The van der Waals surface area contributed by atoms with Crippen molar-refractivity contribution in [2.24, 2.45) is 0 Å². The fourth-order valence-electron chi connectivity index (χ4n) is 3.62. The number of benzene rings is 2. The summed E-state index contributed by atoms with van der Waals surface area (Å²) in [6.45, 7) is 0. The number of carbonyl (C=O) groups excluding carboxylic acids is 1. The summed E-state index contributed by atoms with van der Waals surface area (Å²) in [5, 5.41) is 3.15. The number of ether oxygens (including phenoxy) is 2. The van der Waals surface area contributed by atoms with Crippen LogP contribution >= 0.6 is 0 Å². The number of nitrogens with one attached hydrogen (secondary N) is 1. The summed E-state index contributed by atoms with van der Waals surface area (Å²) >= 11 is 0. The molecule has 4 rings (SSSR count). The monoisotopic (exact) mass is 403 g/mol. The second kappa shape index (κ2) is 9.39. The Hall–Kier alpha value is -3.41. The molecular formula is C24H25N3O3. The number of carbonyl (C=O) groups is 1. The Labute approximate surface area is 176 Å². The second-order valence-electron chi connectivity index (χ2n) is 7.39. The zero-order valence-electron chi connectivity index (χ0n) is 17.0. The summed E-state index contributed by atoms with van der Waals surface area (Å²) in [5.74, 6) is 2.31. The first-order chi connectivity index (χ1) is 14.7.